The molecule has 3 N–H and O–H groups in total. The summed E-state index contributed by atoms with van der Waals surface area (Å²) < 4.78 is 20.8. The van der Waals surface area contributed by atoms with E-state index in [1.807, 2.05) is 0 Å². The first-order valence-electron chi connectivity index (χ1n) is 4.27. The molecule has 0 saturated carbocycles. The van der Waals surface area contributed by atoms with E-state index in [9.17, 15) is 13.5 Å². The van der Waals surface area contributed by atoms with Crippen LogP contribution >= 0.6 is 27.5 Å². The summed E-state index contributed by atoms with van der Waals surface area (Å²) in [4.78, 5) is 0. The fourth-order valence-electron chi connectivity index (χ4n) is 1.08. The van der Waals surface area contributed by atoms with E-state index in [0.29, 0.717) is 11.3 Å². The highest BCUT2D eigenvalue weighted by Crippen LogP contribution is 2.42. The highest BCUT2D eigenvalue weighted by Gasteiger charge is 2.44. The summed E-state index contributed by atoms with van der Waals surface area (Å²) in [6.45, 7) is 0. The number of aliphatic hydroxyl groups excluding tert-OH is 1. The second kappa shape index (κ2) is 4.52. The van der Waals surface area contributed by atoms with Crippen LogP contribution in [0.1, 0.15) is 11.7 Å². The molecule has 2 atom stereocenters. The Kier molecular flexibility index (Phi) is 3.89. The highest BCUT2D eigenvalue weighted by molar-refractivity contribution is 9.12. The van der Waals surface area contributed by atoms with Crippen molar-refractivity contribution >= 4 is 43.1 Å². The Balaban J connectivity index is 3.12. The largest absolute Gasteiger partial charge is 0.399 e. The lowest BCUT2D eigenvalue weighted by molar-refractivity contribution is 0.185. The molecule has 0 aliphatic carbocycles. The van der Waals surface area contributed by atoms with Crippen LogP contribution in [0.4, 0.5) is 5.69 Å². The van der Waals surface area contributed by atoms with E-state index in [4.69, 9.17) is 17.3 Å². The topological polar surface area (TPSA) is 80.4 Å². The van der Waals surface area contributed by atoms with E-state index in [-0.39, 0.29) is 0 Å². The van der Waals surface area contributed by atoms with E-state index in [1.54, 1.807) is 12.1 Å². The summed E-state index contributed by atoms with van der Waals surface area (Å²) in [5.41, 5.74) is 6.36. The summed E-state index contributed by atoms with van der Waals surface area (Å²) in [5.74, 6) is 0. The van der Waals surface area contributed by atoms with Crippen molar-refractivity contribution in [3.63, 3.8) is 0 Å². The van der Waals surface area contributed by atoms with E-state index in [0.717, 1.165) is 6.26 Å². The van der Waals surface area contributed by atoms with Crippen LogP contribution in [0.3, 0.4) is 0 Å². The van der Waals surface area contributed by atoms with Gasteiger partial charge in [0.15, 0.2) is 9.84 Å². The first-order valence-corrected chi connectivity index (χ1v) is 7.33. The van der Waals surface area contributed by atoms with Crippen molar-refractivity contribution in [1.29, 1.82) is 0 Å². The van der Waals surface area contributed by atoms with E-state index in [1.165, 1.54) is 12.1 Å². The lowest BCUT2D eigenvalue weighted by Crippen LogP contribution is -2.32. The van der Waals surface area contributed by atoms with Gasteiger partial charge in [0, 0.05) is 11.9 Å². The molecule has 16 heavy (non-hydrogen) atoms. The van der Waals surface area contributed by atoms with E-state index < -0.39 is 19.1 Å². The van der Waals surface area contributed by atoms with Crippen LogP contribution in [0, 0.1) is 0 Å². The number of sulfone groups is 1. The Bertz CT molecular complexity index is 472. The molecule has 0 radical (unpaired) electrons. The molecule has 0 aliphatic rings. The summed E-state index contributed by atoms with van der Waals surface area (Å²) in [6, 6.07) is 6.15. The molecule has 4 nitrogen and oxygen atoms in total. The first-order chi connectivity index (χ1) is 7.16. The van der Waals surface area contributed by atoms with Crippen LogP contribution in [0.15, 0.2) is 24.3 Å². The van der Waals surface area contributed by atoms with Crippen LogP contribution in [-0.2, 0) is 9.84 Å². The van der Waals surface area contributed by atoms with Gasteiger partial charge in [-0.2, -0.15) is 0 Å². The predicted molar refractivity (Wildman–Crippen MR) is 68.2 cm³/mol. The van der Waals surface area contributed by atoms with Gasteiger partial charge >= 0.3 is 0 Å². The van der Waals surface area contributed by atoms with Crippen LogP contribution < -0.4 is 5.73 Å². The van der Waals surface area contributed by atoms with Crippen LogP contribution in [-0.4, -0.2) is 22.9 Å². The average molecular weight is 329 g/mol. The summed E-state index contributed by atoms with van der Waals surface area (Å²) in [5, 5.41) is 9.88. The summed E-state index contributed by atoms with van der Waals surface area (Å²) in [7, 11) is -3.66. The SMILES string of the molecule is CS(=O)(=O)[C@](Cl)(Br)[C@H](O)c1ccc(N)cc1. The number of hydrogen-bond acceptors (Lipinski definition) is 4. The quantitative estimate of drug-likeness (QED) is 0.653. The number of hydrogen-bond donors (Lipinski definition) is 2. The lowest BCUT2D eigenvalue weighted by Gasteiger charge is -2.24. The summed E-state index contributed by atoms with van der Waals surface area (Å²) >= 11 is 8.60. The Morgan fingerprint density at radius 3 is 2.25 bits per heavy atom. The monoisotopic (exact) mass is 327 g/mol. The number of anilines is 1. The van der Waals surface area contributed by atoms with Gasteiger partial charge in [-0.15, -0.1) is 0 Å². The molecule has 0 fully saturated rings. The number of nitrogen functional groups attached to an aromatic ring is 1. The molecule has 0 saturated heterocycles. The minimum absolute atomic E-state index is 0.367. The maximum Gasteiger partial charge on any atom is 0.228 e. The minimum Gasteiger partial charge on any atom is -0.399 e. The Labute approximate surface area is 107 Å². The van der Waals surface area contributed by atoms with Crippen LogP contribution in [0.25, 0.3) is 0 Å². The third-order valence-electron chi connectivity index (χ3n) is 2.06. The number of nitrogens with two attached hydrogens (primary N) is 1. The fourth-order valence-corrected chi connectivity index (χ4v) is 2.01. The Morgan fingerprint density at radius 1 is 1.44 bits per heavy atom. The molecule has 0 aliphatic heterocycles. The van der Waals surface area contributed by atoms with Crippen molar-refractivity contribution in [2.24, 2.45) is 0 Å². The molecule has 1 aromatic carbocycles. The van der Waals surface area contributed by atoms with Crippen molar-refractivity contribution in [2.75, 3.05) is 12.0 Å². The van der Waals surface area contributed by atoms with Crippen molar-refractivity contribution < 1.29 is 13.5 Å². The average Bonchev–Trinajstić information content (AvgIpc) is 2.16. The van der Waals surface area contributed by atoms with Crippen molar-refractivity contribution in [3.8, 4) is 0 Å². The third-order valence-corrected chi connectivity index (χ3v) is 6.52. The Hall–Kier alpha value is -0.300. The molecule has 0 spiro atoms. The van der Waals surface area contributed by atoms with Crippen molar-refractivity contribution in [2.45, 2.75) is 9.22 Å². The second-order valence-corrected chi connectivity index (χ2v) is 8.64. The third kappa shape index (κ3) is 2.68. The molecule has 0 bridgehead atoms. The maximum absolute atomic E-state index is 11.4. The van der Waals surface area contributed by atoms with Gasteiger partial charge in [0.2, 0.25) is 3.12 Å². The van der Waals surface area contributed by atoms with Gasteiger partial charge in [-0.1, -0.05) is 23.7 Å². The van der Waals surface area contributed by atoms with Gasteiger partial charge in [0.05, 0.1) is 0 Å². The molecule has 1 aromatic rings. The molecule has 90 valence electrons. The molecular formula is C9H11BrClNO3S. The minimum atomic E-state index is -3.66. The van der Waals surface area contributed by atoms with Gasteiger partial charge < -0.3 is 10.8 Å². The van der Waals surface area contributed by atoms with Gasteiger partial charge in [0.1, 0.15) is 6.10 Å². The zero-order valence-electron chi connectivity index (χ0n) is 8.39. The predicted octanol–water partition coefficient (Wildman–Crippen LogP) is 1.63. The van der Waals surface area contributed by atoms with E-state index in [2.05, 4.69) is 15.9 Å². The van der Waals surface area contributed by atoms with Crippen molar-refractivity contribution in [3.05, 3.63) is 29.8 Å². The molecular weight excluding hydrogens is 318 g/mol. The second-order valence-electron chi connectivity index (χ2n) is 3.40. The number of alkyl halides is 2. The number of aliphatic hydroxyl groups is 1. The lowest BCUT2D eigenvalue weighted by atomic mass is 10.1. The van der Waals surface area contributed by atoms with Crippen LogP contribution in [0.2, 0.25) is 0 Å². The standard InChI is InChI=1S/C9H11BrClNO3S/c1-16(14,15)9(10,11)8(13)6-2-4-7(12)5-3-6/h2-5,8,13H,12H2,1H3/t8-,9+/m1/s1. The zero-order chi connectivity index (χ0) is 12.6. The smallest absolute Gasteiger partial charge is 0.228 e. The zero-order valence-corrected chi connectivity index (χ0v) is 11.6. The molecule has 1 rings (SSSR count). The number of halogens is 2. The Morgan fingerprint density at radius 2 is 1.88 bits per heavy atom. The van der Waals surface area contributed by atoms with Crippen LogP contribution in [0.5, 0.6) is 0 Å². The summed E-state index contributed by atoms with van der Waals surface area (Å²) in [6.07, 6.45) is -0.445. The van der Waals surface area contributed by atoms with Gasteiger partial charge in [-0.05, 0) is 33.6 Å². The molecule has 7 heteroatoms. The molecule has 0 unspecified atom stereocenters. The van der Waals surface area contributed by atoms with Gasteiger partial charge in [-0.25, -0.2) is 8.42 Å². The molecule has 0 aromatic heterocycles. The van der Waals surface area contributed by atoms with Gasteiger partial charge in [0.25, 0.3) is 0 Å². The first kappa shape index (κ1) is 13.8. The maximum atomic E-state index is 11.4. The number of rotatable bonds is 3. The fraction of sp³-hybridized carbons (Fsp3) is 0.333. The normalized spacial score (nSPS) is 17.8. The van der Waals surface area contributed by atoms with E-state index >= 15 is 0 Å². The van der Waals surface area contributed by atoms with Gasteiger partial charge in [-0.3, -0.25) is 0 Å². The number of benzene rings is 1. The molecule has 0 amide bonds. The highest BCUT2D eigenvalue weighted by atomic mass is 79.9. The van der Waals surface area contributed by atoms with Crippen molar-refractivity contribution in [1.82, 2.24) is 0 Å². The molecule has 0 heterocycles.